The number of thiophene rings is 1. The van der Waals surface area contributed by atoms with E-state index in [0.717, 1.165) is 70.6 Å². The van der Waals surface area contributed by atoms with Crippen molar-refractivity contribution in [3.8, 4) is 0 Å². The predicted octanol–water partition coefficient (Wildman–Crippen LogP) is 2.93. The number of hydrogen-bond donors (Lipinski definition) is 2. The summed E-state index contributed by atoms with van der Waals surface area (Å²) < 4.78 is 7.65. The summed E-state index contributed by atoms with van der Waals surface area (Å²) in [4.78, 5) is 8.83. The van der Waals surface area contributed by atoms with Crippen LogP contribution in [0.2, 0.25) is 0 Å². The third kappa shape index (κ3) is 7.99. The molecule has 1 aliphatic heterocycles. The molecule has 3 heterocycles. The number of nitrogens with zero attached hydrogens (tertiary/aromatic N) is 5. The molecule has 0 radical (unpaired) electrons. The molecule has 1 aliphatic rings. The highest BCUT2D eigenvalue weighted by Crippen LogP contribution is 2.26. The van der Waals surface area contributed by atoms with Gasteiger partial charge in [0, 0.05) is 43.5 Å². The molecule has 2 aromatic heterocycles. The zero-order valence-corrected chi connectivity index (χ0v) is 21.9. The molecule has 174 valence electrons. The van der Waals surface area contributed by atoms with Gasteiger partial charge in [0.25, 0.3) is 0 Å². The summed E-state index contributed by atoms with van der Waals surface area (Å²) in [7, 11) is 0. The lowest BCUT2D eigenvalue weighted by molar-refractivity contribution is 0.0186. The van der Waals surface area contributed by atoms with Crippen molar-refractivity contribution in [3.63, 3.8) is 0 Å². The first kappa shape index (κ1) is 26.0. The number of aromatic nitrogens is 3. The monoisotopic (exact) mass is 561 g/mol. The second-order valence-electron chi connectivity index (χ2n) is 7.54. The molecule has 0 bridgehead atoms. The maximum atomic E-state index is 5.56. The molecule has 3 rings (SSSR count). The largest absolute Gasteiger partial charge is 0.379 e. The lowest BCUT2D eigenvalue weighted by Crippen LogP contribution is -2.44. The zero-order chi connectivity index (χ0) is 21.2. The van der Waals surface area contributed by atoms with Gasteiger partial charge in [-0.15, -0.1) is 45.5 Å². The number of aryl methyl sites for hydroxylation is 1. The van der Waals surface area contributed by atoms with E-state index < -0.39 is 0 Å². The van der Waals surface area contributed by atoms with Gasteiger partial charge in [0.1, 0.15) is 12.2 Å². The van der Waals surface area contributed by atoms with Crippen molar-refractivity contribution in [2.45, 2.75) is 52.2 Å². The topological polar surface area (TPSA) is 79.6 Å². The Kier molecular flexibility index (Phi) is 11.8. The van der Waals surface area contributed by atoms with E-state index in [1.807, 2.05) is 0 Å². The molecular formula is C21H36IN7OS. The maximum Gasteiger partial charge on any atom is 0.191 e. The normalized spacial score (nSPS) is 17.1. The highest BCUT2D eigenvalue weighted by Gasteiger charge is 2.23. The Balaban J connectivity index is 0.00000341. The van der Waals surface area contributed by atoms with Crippen molar-refractivity contribution in [1.82, 2.24) is 30.3 Å². The highest BCUT2D eigenvalue weighted by molar-refractivity contribution is 14.0. The molecule has 0 spiro atoms. The van der Waals surface area contributed by atoms with Gasteiger partial charge in [0.05, 0.1) is 25.8 Å². The average Bonchev–Trinajstić information content (AvgIpc) is 3.46. The van der Waals surface area contributed by atoms with Crippen molar-refractivity contribution in [3.05, 3.63) is 34.5 Å². The SMILES string of the molecule is CCc1nncn1CCNC(=NCC(c1cccs1)N1CCOCC1)NC(C)CC.I. The molecule has 1 fully saturated rings. The van der Waals surface area contributed by atoms with Crippen LogP contribution < -0.4 is 10.6 Å². The summed E-state index contributed by atoms with van der Waals surface area (Å²) in [6.45, 7) is 12.3. The third-order valence-corrected chi connectivity index (χ3v) is 6.41. The van der Waals surface area contributed by atoms with E-state index in [4.69, 9.17) is 9.73 Å². The standard InChI is InChI=1S/C21H35N7OS.HI/c1-4-17(3)25-21(22-8-9-28-16-24-26-20(28)5-2)23-15-18(19-7-6-14-30-19)27-10-12-29-13-11-27;/h6-7,14,16-18H,4-5,8-13,15H2,1-3H3,(H2,22,23,25);1H. The van der Waals surface area contributed by atoms with Crippen molar-refractivity contribution in [2.24, 2.45) is 4.99 Å². The van der Waals surface area contributed by atoms with E-state index in [1.165, 1.54) is 4.88 Å². The number of ether oxygens (including phenoxy) is 1. The molecule has 31 heavy (non-hydrogen) atoms. The van der Waals surface area contributed by atoms with Gasteiger partial charge in [-0.25, -0.2) is 0 Å². The first-order valence-corrected chi connectivity index (χ1v) is 11.9. The average molecular weight is 562 g/mol. The summed E-state index contributed by atoms with van der Waals surface area (Å²) >= 11 is 1.81. The molecule has 2 aromatic rings. The fourth-order valence-corrected chi connectivity index (χ4v) is 4.31. The predicted molar refractivity (Wildman–Crippen MR) is 137 cm³/mol. The minimum atomic E-state index is 0. The zero-order valence-electron chi connectivity index (χ0n) is 18.8. The molecular weight excluding hydrogens is 525 g/mol. The Hall–Kier alpha value is -1.24. The van der Waals surface area contributed by atoms with E-state index in [0.29, 0.717) is 6.04 Å². The van der Waals surface area contributed by atoms with E-state index in [9.17, 15) is 0 Å². The van der Waals surface area contributed by atoms with Crippen molar-refractivity contribution in [2.75, 3.05) is 39.4 Å². The van der Waals surface area contributed by atoms with Crippen LogP contribution in [0.4, 0.5) is 0 Å². The van der Waals surface area contributed by atoms with E-state index in [2.05, 4.69) is 68.6 Å². The van der Waals surface area contributed by atoms with Crippen LogP contribution in [-0.2, 0) is 17.7 Å². The Morgan fingerprint density at radius 3 is 2.81 bits per heavy atom. The number of aliphatic imine (C=N–C) groups is 1. The molecule has 0 amide bonds. The fourth-order valence-electron chi connectivity index (χ4n) is 3.46. The minimum Gasteiger partial charge on any atom is -0.379 e. The van der Waals surface area contributed by atoms with E-state index in [1.54, 1.807) is 17.7 Å². The smallest absolute Gasteiger partial charge is 0.191 e. The second kappa shape index (κ2) is 14.0. The van der Waals surface area contributed by atoms with E-state index in [-0.39, 0.29) is 30.0 Å². The molecule has 0 aliphatic carbocycles. The van der Waals surface area contributed by atoms with Crippen LogP contribution in [0.3, 0.4) is 0 Å². The first-order valence-electron chi connectivity index (χ1n) is 11.0. The highest BCUT2D eigenvalue weighted by atomic mass is 127. The van der Waals surface area contributed by atoms with Gasteiger partial charge in [0.15, 0.2) is 5.96 Å². The fraction of sp³-hybridized carbons (Fsp3) is 0.667. The molecule has 1 saturated heterocycles. The van der Waals surface area contributed by atoms with Crippen molar-refractivity contribution in [1.29, 1.82) is 0 Å². The van der Waals surface area contributed by atoms with Gasteiger partial charge >= 0.3 is 0 Å². The molecule has 0 aromatic carbocycles. The Labute approximate surface area is 206 Å². The number of morpholine rings is 1. The quantitative estimate of drug-likeness (QED) is 0.264. The van der Waals surface area contributed by atoms with E-state index >= 15 is 0 Å². The first-order chi connectivity index (χ1) is 14.7. The summed E-state index contributed by atoms with van der Waals surface area (Å²) in [6.07, 6.45) is 3.72. The number of rotatable bonds is 10. The van der Waals surface area contributed by atoms with Crippen LogP contribution in [0.1, 0.15) is 43.9 Å². The molecule has 0 saturated carbocycles. The number of hydrogen-bond acceptors (Lipinski definition) is 6. The van der Waals surface area contributed by atoms with Gasteiger partial charge in [-0.3, -0.25) is 9.89 Å². The molecule has 2 N–H and O–H groups in total. The summed E-state index contributed by atoms with van der Waals surface area (Å²) in [5.74, 6) is 1.88. The van der Waals surface area contributed by atoms with Crippen LogP contribution in [-0.4, -0.2) is 71.1 Å². The van der Waals surface area contributed by atoms with Crippen LogP contribution in [0, 0.1) is 0 Å². The number of guanidine groups is 1. The van der Waals surface area contributed by atoms with Gasteiger partial charge in [-0.05, 0) is 24.8 Å². The molecule has 10 heteroatoms. The Morgan fingerprint density at radius 2 is 2.13 bits per heavy atom. The van der Waals surface area contributed by atoms with Crippen molar-refractivity contribution >= 4 is 41.3 Å². The lowest BCUT2D eigenvalue weighted by atomic mass is 10.2. The van der Waals surface area contributed by atoms with Crippen molar-refractivity contribution < 1.29 is 4.74 Å². The van der Waals surface area contributed by atoms with Gasteiger partial charge in [-0.2, -0.15) is 0 Å². The van der Waals surface area contributed by atoms with Gasteiger partial charge in [0.2, 0.25) is 0 Å². The summed E-state index contributed by atoms with van der Waals surface area (Å²) in [6, 6.07) is 4.99. The second-order valence-corrected chi connectivity index (χ2v) is 8.52. The molecule has 8 nitrogen and oxygen atoms in total. The van der Waals surface area contributed by atoms with Crippen LogP contribution in [0.25, 0.3) is 0 Å². The van der Waals surface area contributed by atoms with Crippen LogP contribution in [0.5, 0.6) is 0 Å². The maximum absolute atomic E-state index is 5.56. The van der Waals surface area contributed by atoms with Gasteiger partial charge in [-0.1, -0.05) is 19.9 Å². The van der Waals surface area contributed by atoms with Gasteiger partial charge < -0.3 is 19.9 Å². The Bertz CT molecular complexity index is 762. The molecule has 2 unspecified atom stereocenters. The summed E-state index contributed by atoms with van der Waals surface area (Å²) in [5.41, 5.74) is 0. The van der Waals surface area contributed by atoms with Crippen LogP contribution in [0.15, 0.2) is 28.8 Å². The molecule has 2 atom stereocenters. The number of nitrogens with one attached hydrogen (secondary N) is 2. The number of halogens is 1. The Morgan fingerprint density at radius 1 is 1.32 bits per heavy atom. The lowest BCUT2D eigenvalue weighted by Gasteiger charge is -2.33. The minimum absolute atomic E-state index is 0. The third-order valence-electron chi connectivity index (χ3n) is 5.43. The van der Waals surface area contributed by atoms with Crippen LogP contribution >= 0.6 is 35.3 Å². The summed E-state index contributed by atoms with van der Waals surface area (Å²) in [5, 5.41) is 17.4.